The largest absolute Gasteiger partial charge is 0.391 e. The van der Waals surface area contributed by atoms with Crippen molar-refractivity contribution in [2.45, 2.75) is 12.6 Å². The Balaban J connectivity index is 1.89. The minimum Gasteiger partial charge on any atom is -0.391 e. The van der Waals surface area contributed by atoms with E-state index in [9.17, 15) is 15.2 Å². The number of nitro benzene ring substituents is 1. The van der Waals surface area contributed by atoms with Crippen LogP contribution in [0, 0.1) is 16.0 Å². The maximum Gasteiger partial charge on any atom is 0.288 e. The topological polar surface area (TPSA) is 87.4 Å². The average Bonchev–Trinajstić information content (AvgIpc) is 2.77. The summed E-state index contributed by atoms with van der Waals surface area (Å²) in [6.45, 7) is 2.60. The molecule has 104 valence electrons. The summed E-state index contributed by atoms with van der Waals surface area (Å²) in [5.74, 6) is 0.183. The molecule has 1 fully saturated rings. The molecule has 0 amide bonds. The lowest BCUT2D eigenvalue weighted by Crippen LogP contribution is -2.30. The van der Waals surface area contributed by atoms with Crippen molar-refractivity contribution in [3.8, 4) is 0 Å². The Bertz CT molecular complexity index is 470. The number of β-amino-alcohol motifs (C(OH)–C–C–N with tert-alkyl or cyclic N) is 1. The van der Waals surface area contributed by atoms with Gasteiger partial charge in [-0.05, 0) is 11.6 Å². The summed E-state index contributed by atoms with van der Waals surface area (Å²) in [6.07, 6.45) is -0.327. The molecule has 2 atom stereocenters. The van der Waals surface area contributed by atoms with Crippen LogP contribution in [0.4, 0.5) is 5.69 Å². The lowest BCUT2D eigenvalue weighted by Gasteiger charge is -2.14. The van der Waals surface area contributed by atoms with Gasteiger partial charge in [-0.3, -0.25) is 10.1 Å². The van der Waals surface area contributed by atoms with Crippen LogP contribution in [0.15, 0.2) is 18.2 Å². The molecular formula is C12H16ClN3O3. The Kier molecular flexibility index (Phi) is 4.71. The van der Waals surface area contributed by atoms with Crippen LogP contribution in [0.2, 0.25) is 5.02 Å². The summed E-state index contributed by atoms with van der Waals surface area (Å²) >= 11 is 5.74. The van der Waals surface area contributed by atoms with Crippen LogP contribution in [0.5, 0.6) is 0 Å². The third-order valence-corrected chi connectivity index (χ3v) is 3.57. The van der Waals surface area contributed by atoms with E-state index >= 15 is 0 Å². The monoisotopic (exact) mass is 285 g/mol. The fourth-order valence-corrected chi connectivity index (χ4v) is 2.32. The van der Waals surface area contributed by atoms with Gasteiger partial charge in [0.15, 0.2) is 0 Å². The molecule has 1 heterocycles. The molecule has 1 aliphatic rings. The van der Waals surface area contributed by atoms with E-state index in [2.05, 4.69) is 10.6 Å². The Morgan fingerprint density at radius 2 is 2.32 bits per heavy atom. The van der Waals surface area contributed by atoms with Gasteiger partial charge in [0.05, 0.1) is 11.0 Å². The minimum atomic E-state index is -0.490. The number of halogens is 1. The second kappa shape index (κ2) is 6.29. The van der Waals surface area contributed by atoms with Crippen LogP contribution >= 0.6 is 11.6 Å². The Labute approximate surface area is 115 Å². The van der Waals surface area contributed by atoms with Crippen LogP contribution in [0.3, 0.4) is 0 Å². The van der Waals surface area contributed by atoms with Crippen molar-refractivity contribution in [1.82, 2.24) is 10.6 Å². The van der Waals surface area contributed by atoms with Gasteiger partial charge in [-0.1, -0.05) is 17.7 Å². The van der Waals surface area contributed by atoms with Gasteiger partial charge in [0.2, 0.25) is 0 Å². The third kappa shape index (κ3) is 3.63. The summed E-state index contributed by atoms with van der Waals surface area (Å²) < 4.78 is 0. The predicted octanol–water partition coefficient (Wildman–Crippen LogP) is 0.918. The molecule has 6 nitrogen and oxygen atoms in total. The number of nitrogens with zero attached hydrogens (tertiary/aromatic N) is 1. The fraction of sp³-hybridized carbons (Fsp3) is 0.500. The van der Waals surface area contributed by atoms with Crippen molar-refractivity contribution >= 4 is 17.3 Å². The van der Waals surface area contributed by atoms with E-state index in [1.54, 1.807) is 6.07 Å². The van der Waals surface area contributed by atoms with Crippen molar-refractivity contribution in [2.75, 3.05) is 19.6 Å². The van der Waals surface area contributed by atoms with Crippen molar-refractivity contribution in [1.29, 1.82) is 0 Å². The van der Waals surface area contributed by atoms with Gasteiger partial charge in [0.25, 0.3) is 5.69 Å². The Morgan fingerprint density at radius 3 is 2.95 bits per heavy atom. The summed E-state index contributed by atoms with van der Waals surface area (Å²) in [7, 11) is 0. The van der Waals surface area contributed by atoms with E-state index in [0.717, 1.165) is 12.1 Å². The standard InChI is InChI=1S/C12H16ClN3O3/c13-10-2-1-8(3-11(10)16(18)19)4-14-5-9-6-15-7-12(9)17/h1-3,9,12,14-15,17H,4-7H2. The molecule has 0 radical (unpaired) electrons. The van der Waals surface area contributed by atoms with Crippen LogP contribution in [-0.4, -0.2) is 35.8 Å². The highest BCUT2D eigenvalue weighted by Crippen LogP contribution is 2.24. The lowest BCUT2D eigenvalue weighted by molar-refractivity contribution is -0.384. The van der Waals surface area contributed by atoms with Crippen LogP contribution in [-0.2, 0) is 6.54 Å². The summed E-state index contributed by atoms with van der Waals surface area (Å²) in [4.78, 5) is 10.3. The first-order valence-corrected chi connectivity index (χ1v) is 6.48. The Hall–Kier alpha value is -1.21. The van der Waals surface area contributed by atoms with E-state index in [1.807, 2.05) is 0 Å². The molecule has 1 saturated heterocycles. The third-order valence-electron chi connectivity index (χ3n) is 3.25. The zero-order valence-electron chi connectivity index (χ0n) is 10.3. The van der Waals surface area contributed by atoms with Gasteiger partial charge in [-0.2, -0.15) is 0 Å². The smallest absolute Gasteiger partial charge is 0.288 e. The van der Waals surface area contributed by atoms with Crippen molar-refractivity contribution in [3.05, 3.63) is 38.9 Å². The molecule has 0 bridgehead atoms. The maximum atomic E-state index is 10.8. The maximum absolute atomic E-state index is 10.8. The second-order valence-corrected chi connectivity index (χ2v) is 5.07. The van der Waals surface area contributed by atoms with Gasteiger partial charge >= 0.3 is 0 Å². The normalized spacial score (nSPS) is 22.6. The fourth-order valence-electron chi connectivity index (χ4n) is 2.14. The first-order valence-electron chi connectivity index (χ1n) is 6.10. The number of aliphatic hydroxyl groups excluding tert-OH is 1. The number of nitrogens with one attached hydrogen (secondary N) is 2. The number of rotatable bonds is 5. The lowest BCUT2D eigenvalue weighted by atomic mass is 10.1. The molecule has 7 heteroatoms. The Morgan fingerprint density at radius 1 is 1.53 bits per heavy atom. The van der Waals surface area contributed by atoms with Gasteiger partial charge in [-0.25, -0.2) is 0 Å². The highest BCUT2D eigenvalue weighted by atomic mass is 35.5. The summed E-state index contributed by atoms with van der Waals surface area (Å²) in [5, 5.41) is 26.8. The quantitative estimate of drug-likeness (QED) is 0.553. The highest BCUT2D eigenvalue weighted by Gasteiger charge is 2.24. The van der Waals surface area contributed by atoms with Crippen LogP contribution in [0.1, 0.15) is 5.56 Å². The minimum absolute atomic E-state index is 0.0801. The molecule has 1 aromatic carbocycles. The summed E-state index contributed by atoms with van der Waals surface area (Å²) in [6, 6.07) is 4.76. The molecule has 0 aromatic heterocycles. The zero-order chi connectivity index (χ0) is 13.8. The van der Waals surface area contributed by atoms with Crippen molar-refractivity contribution in [2.24, 2.45) is 5.92 Å². The van der Waals surface area contributed by atoms with Gasteiger partial charge < -0.3 is 15.7 Å². The molecule has 1 aromatic rings. The number of benzene rings is 1. The van der Waals surface area contributed by atoms with Gasteiger partial charge in [0, 0.05) is 38.2 Å². The second-order valence-electron chi connectivity index (χ2n) is 4.66. The molecule has 3 N–H and O–H groups in total. The average molecular weight is 286 g/mol. The first-order chi connectivity index (χ1) is 9.08. The highest BCUT2D eigenvalue weighted by molar-refractivity contribution is 6.32. The van der Waals surface area contributed by atoms with E-state index in [4.69, 9.17) is 11.6 Å². The molecule has 2 rings (SSSR count). The van der Waals surface area contributed by atoms with Gasteiger partial charge in [0.1, 0.15) is 5.02 Å². The number of hydrogen-bond acceptors (Lipinski definition) is 5. The van der Waals surface area contributed by atoms with E-state index in [-0.39, 0.29) is 22.7 Å². The molecule has 0 saturated carbocycles. The summed E-state index contributed by atoms with van der Waals surface area (Å²) in [5.41, 5.74) is 0.722. The number of aliphatic hydroxyl groups is 1. The molecule has 0 aliphatic carbocycles. The van der Waals surface area contributed by atoms with E-state index < -0.39 is 4.92 Å². The van der Waals surface area contributed by atoms with Gasteiger partial charge in [-0.15, -0.1) is 0 Å². The molecular weight excluding hydrogens is 270 g/mol. The number of nitro groups is 1. The molecule has 1 aliphatic heterocycles. The molecule has 19 heavy (non-hydrogen) atoms. The van der Waals surface area contributed by atoms with Crippen molar-refractivity contribution < 1.29 is 10.0 Å². The zero-order valence-corrected chi connectivity index (χ0v) is 11.1. The first kappa shape index (κ1) is 14.2. The van der Waals surface area contributed by atoms with Crippen LogP contribution in [0.25, 0.3) is 0 Å². The van der Waals surface area contributed by atoms with E-state index in [1.165, 1.54) is 12.1 Å². The van der Waals surface area contributed by atoms with Crippen molar-refractivity contribution in [3.63, 3.8) is 0 Å². The van der Waals surface area contributed by atoms with E-state index in [0.29, 0.717) is 19.6 Å². The number of hydrogen-bond donors (Lipinski definition) is 3. The van der Waals surface area contributed by atoms with Crippen LogP contribution < -0.4 is 10.6 Å². The predicted molar refractivity (Wildman–Crippen MR) is 72.2 cm³/mol. The molecule has 0 spiro atoms. The SMILES string of the molecule is O=[N+]([O-])c1cc(CNCC2CNCC2O)ccc1Cl. The molecule has 2 unspecified atom stereocenters.